The zero-order chi connectivity index (χ0) is 17.9. The molecule has 1 unspecified atom stereocenters. The smallest absolute Gasteiger partial charge is 0.407 e. The van der Waals surface area contributed by atoms with Crippen molar-refractivity contribution in [3.05, 3.63) is 83.9 Å². The average Bonchev–Trinajstić information content (AvgIpc) is 2.64. The number of aryl methyl sites for hydroxylation is 1. The van der Waals surface area contributed by atoms with Gasteiger partial charge in [0, 0.05) is 0 Å². The van der Waals surface area contributed by atoms with Gasteiger partial charge in [-0.2, -0.15) is 0 Å². The van der Waals surface area contributed by atoms with Crippen molar-refractivity contribution in [2.24, 2.45) is 0 Å². The topological polar surface area (TPSA) is 55.4 Å². The fourth-order valence-electron chi connectivity index (χ4n) is 2.35. The molecular weight excluding hydrogens is 314 g/mol. The summed E-state index contributed by atoms with van der Waals surface area (Å²) in [6.45, 7) is 1.70. The van der Waals surface area contributed by atoms with Gasteiger partial charge in [-0.1, -0.05) is 66.7 Å². The van der Waals surface area contributed by atoms with Crippen molar-refractivity contribution >= 4 is 11.9 Å². The number of hydrogen-bond donors (Lipinski definition) is 1. The van der Waals surface area contributed by atoms with Gasteiger partial charge in [0.25, 0.3) is 0 Å². The third-order valence-electron chi connectivity index (χ3n) is 3.67. The Kier molecular flexibility index (Phi) is 7.44. The van der Waals surface area contributed by atoms with Crippen LogP contribution in [0.15, 0.2) is 72.8 Å². The molecule has 0 bridgehead atoms. The molecule has 2 aromatic rings. The first-order chi connectivity index (χ1) is 12.1. The van der Waals surface area contributed by atoms with E-state index in [0.717, 1.165) is 12.0 Å². The first-order valence-corrected chi connectivity index (χ1v) is 8.33. The molecule has 4 nitrogen and oxygen atoms in total. The maximum absolute atomic E-state index is 12.0. The maximum atomic E-state index is 12.0. The van der Waals surface area contributed by atoms with Gasteiger partial charge in [0.05, 0.1) is 6.04 Å². The summed E-state index contributed by atoms with van der Waals surface area (Å²) in [7, 11) is 0. The van der Waals surface area contributed by atoms with E-state index >= 15 is 0 Å². The fourth-order valence-corrected chi connectivity index (χ4v) is 2.35. The van der Waals surface area contributed by atoms with Gasteiger partial charge in [0.2, 0.25) is 0 Å². The zero-order valence-electron chi connectivity index (χ0n) is 14.4. The summed E-state index contributed by atoms with van der Waals surface area (Å²) in [6, 6.07) is 19.3. The Hall–Kier alpha value is -2.88. The summed E-state index contributed by atoms with van der Waals surface area (Å²) in [5.41, 5.74) is 2.11. The van der Waals surface area contributed by atoms with Gasteiger partial charge in [-0.25, -0.2) is 4.79 Å². The fraction of sp³-hybridized carbons (Fsp3) is 0.238. The molecule has 4 heteroatoms. The van der Waals surface area contributed by atoms with E-state index in [4.69, 9.17) is 4.74 Å². The van der Waals surface area contributed by atoms with Gasteiger partial charge in [0.1, 0.15) is 6.61 Å². The molecule has 2 aromatic carbocycles. The number of carbonyl (C=O) groups is 2. The quantitative estimate of drug-likeness (QED) is 0.739. The molecule has 0 radical (unpaired) electrons. The van der Waals surface area contributed by atoms with Crippen molar-refractivity contribution in [1.29, 1.82) is 0 Å². The second-order valence-electron chi connectivity index (χ2n) is 5.81. The Balaban J connectivity index is 1.88. The van der Waals surface area contributed by atoms with Crippen LogP contribution in [-0.4, -0.2) is 17.9 Å². The van der Waals surface area contributed by atoms with Crippen LogP contribution < -0.4 is 5.32 Å². The number of ether oxygens (including phenoxy) is 1. The van der Waals surface area contributed by atoms with E-state index in [1.54, 1.807) is 6.08 Å². The first kappa shape index (κ1) is 18.5. The van der Waals surface area contributed by atoms with Gasteiger partial charge in [0.15, 0.2) is 5.78 Å². The normalized spacial score (nSPS) is 11.9. The summed E-state index contributed by atoms with van der Waals surface area (Å²) in [6.07, 6.45) is 4.19. The third kappa shape index (κ3) is 7.48. The number of benzene rings is 2. The van der Waals surface area contributed by atoms with Crippen molar-refractivity contribution in [3.8, 4) is 0 Å². The van der Waals surface area contributed by atoms with Crippen LogP contribution in [0.25, 0.3) is 0 Å². The molecule has 0 saturated heterocycles. The molecule has 0 saturated carbocycles. The van der Waals surface area contributed by atoms with Crippen LogP contribution in [0.4, 0.5) is 4.79 Å². The van der Waals surface area contributed by atoms with E-state index in [-0.39, 0.29) is 18.4 Å². The van der Waals surface area contributed by atoms with Crippen LogP contribution in [0.3, 0.4) is 0 Å². The molecule has 0 aliphatic heterocycles. The highest BCUT2D eigenvalue weighted by molar-refractivity contribution is 5.87. The largest absolute Gasteiger partial charge is 0.445 e. The number of amides is 1. The minimum atomic E-state index is -0.491. The Morgan fingerprint density at radius 2 is 1.60 bits per heavy atom. The second kappa shape index (κ2) is 10.1. The Bertz CT molecular complexity index is 696. The van der Waals surface area contributed by atoms with Crippen molar-refractivity contribution < 1.29 is 14.3 Å². The Morgan fingerprint density at radius 1 is 1.00 bits per heavy atom. The molecule has 0 aliphatic carbocycles. The number of allylic oxidation sites excluding steroid dienone is 1. The maximum Gasteiger partial charge on any atom is 0.407 e. The molecule has 1 N–H and O–H groups in total. The lowest BCUT2D eigenvalue weighted by Gasteiger charge is -2.15. The minimum absolute atomic E-state index is 0.0517. The predicted molar refractivity (Wildman–Crippen MR) is 98.1 cm³/mol. The summed E-state index contributed by atoms with van der Waals surface area (Å²) < 4.78 is 5.25. The summed E-state index contributed by atoms with van der Waals surface area (Å²) in [5, 5.41) is 2.81. The monoisotopic (exact) mass is 337 g/mol. The van der Waals surface area contributed by atoms with Gasteiger partial charge < -0.3 is 10.1 Å². The lowest BCUT2D eigenvalue weighted by Crippen LogP contribution is -2.34. The number of rotatable bonds is 8. The number of hydrogen-bond acceptors (Lipinski definition) is 3. The van der Waals surface area contributed by atoms with Gasteiger partial charge in [-0.3, -0.25) is 4.79 Å². The average molecular weight is 337 g/mol. The molecule has 1 atom stereocenters. The minimum Gasteiger partial charge on any atom is -0.445 e. The summed E-state index contributed by atoms with van der Waals surface area (Å²) in [5.74, 6) is -0.0517. The molecule has 1 amide bonds. The SMILES string of the molecule is CC(=O)/C=C/C(CCc1ccccc1)NC(=O)OCc1ccccc1. The molecule has 0 spiro atoms. The van der Waals surface area contributed by atoms with Gasteiger partial charge in [-0.05, 0) is 37.0 Å². The number of alkyl carbamates (subject to hydrolysis) is 1. The van der Waals surface area contributed by atoms with Crippen LogP contribution >= 0.6 is 0 Å². The molecule has 0 fully saturated rings. The van der Waals surface area contributed by atoms with Gasteiger partial charge in [-0.15, -0.1) is 0 Å². The lowest BCUT2D eigenvalue weighted by atomic mass is 10.0. The predicted octanol–water partition coefficient (Wildman–Crippen LogP) is 4.06. The molecule has 130 valence electrons. The number of ketones is 1. The summed E-state index contributed by atoms with van der Waals surface area (Å²) in [4.78, 5) is 23.2. The van der Waals surface area contributed by atoms with E-state index in [1.807, 2.05) is 60.7 Å². The van der Waals surface area contributed by atoms with Gasteiger partial charge >= 0.3 is 6.09 Å². The molecule has 0 aliphatic rings. The third-order valence-corrected chi connectivity index (χ3v) is 3.67. The van der Waals surface area contributed by atoms with Crippen LogP contribution in [0.2, 0.25) is 0 Å². The standard InChI is InChI=1S/C21H23NO3/c1-17(23)12-14-20(15-13-18-8-4-2-5-9-18)22-21(24)25-16-19-10-6-3-7-11-19/h2-12,14,20H,13,15-16H2,1H3,(H,22,24)/b14-12+. The molecule has 0 aromatic heterocycles. The van der Waals surface area contributed by atoms with Crippen LogP contribution in [0.1, 0.15) is 24.5 Å². The number of carbonyl (C=O) groups excluding carboxylic acids is 2. The van der Waals surface area contributed by atoms with Crippen molar-refractivity contribution in [1.82, 2.24) is 5.32 Å². The second-order valence-corrected chi connectivity index (χ2v) is 5.81. The van der Waals surface area contributed by atoms with Crippen molar-refractivity contribution in [3.63, 3.8) is 0 Å². The lowest BCUT2D eigenvalue weighted by molar-refractivity contribution is -0.112. The number of nitrogens with one attached hydrogen (secondary N) is 1. The van der Waals surface area contributed by atoms with E-state index < -0.39 is 6.09 Å². The first-order valence-electron chi connectivity index (χ1n) is 8.33. The Morgan fingerprint density at radius 3 is 2.20 bits per heavy atom. The van der Waals surface area contributed by atoms with Crippen molar-refractivity contribution in [2.45, 2.75) is 32.4 Å². The van der Waals surface area contributed by atoms with E-state index in [9.17, 15) is 9.59 Å². The van der Waals surface area contributed by atoms with E-state index in [1.165, 1.54) is 18.6 Å². The highest BCUT2D eigenvalue weighted by atomic mass is 16.5. The van der Waals surface area contributed by atoms with E-state index in [0.29, 0.717) is 6.42 Å². The molecule has 2 rings (SSSR count). The Labute approximate surface area is 148 Å². The zero-order valence-corrected chi connectivity index (χ0v) is 14.4. The molecule has 25 heavy (non-hydrogen) atoms. The van der Waals surface area contributed by atoms with Crippen LogP contribution in [0, 0.1) is 0 Å². The highest BCUT2D eigenvalue weighted by Crippen LogP contribution is 2.07. The van der Waals surface area contributed by atoms with Crippen LogP contribution in [0.5, 0.6) is 0 Å². The molecular formula is C21H23NO3. The van der Waals surface area contributed by atoms with Crippen LogP contribution in [-0.2, 0) is 22.6 Å². The highest BCUT2D eigenvalue weighted by Gasteiger charge is 2.11. The van der Waals surface area contributed by atoms with Crippen molar-refractivity contribution in [2.75, 3.05) is 0 Å². The molecule has 0 heterocycles. The van der Waals surface area contributed by atoms with E-state index in [2.05, 4.69) is 5.32 Å². The summed E-state index contributed by atoms with van der Waals surface area (Å²) >= 11 is 0.